The smallest absolute Gasteiger partial charge is 0.262 e. The van der Waals surface area contributed by atoms with Gasteiger partial charge in [-0.3, -0.25) is 4.79 Å². The minimum atomic E-state index is -0.298. The van der Waals surface area contributed by atoms with Crippen LogP contribution in [0.15, 0.2) is 59.0 Å². The number of carbonyl (C=O) groups is 1. The number of aromatic nitrogens is 1. The van der Waals surface area contributed by atoms with Crippen molar-refractivity contribution in [3.63, 3.8) is 0 Å². The molecule has 0 aliphatic rings. The molecule has 3 aromatic carbocycles. The summed E-state index contributed by atoms with van der Waals surface area (Å²) in [6, 6.07) is 16.1. The second kappa shape index (κ2) is 8.70. The third-order valence-electron chi connectivity index (χ3n) is 4.91. The molecule has 1 N–H and O–H groups in total. The van der Waals surface area contributed by atoms with Gasteiger partial charge in [-0.15, -0.1) is 0 Å². The number of anilines is 1. The highest BCUT2D eigenvalue weighted by Crippen LogP contribution is 2.33. The van der Waals surface area contributed by atoms with Gasteiger partial charge in [-0.1, -0.05) is 11.6 Å². The van der Waals surface area contributed by atoms with Crippen LogP contribution in [-0.4, -0.2) is 24.6 Å². The molecule has 0 bridgehead atoms. The Kier molecular flexibility index (Phi) is 5.82. The molecule has 0 fully saturated rings. The van der Waals surface area contributed by atoms with Crippen molar-refractivity contribution >= 4 is 34.3 Å². The Bertz CT molecular complexity index is 1210. The average Bonchev–Trinajstić information content (AvgIpc) is 3.16. The van der Waals surface area contributed by atoms with E-state index >= 15 is 0 Å². The summed E-state index contributed by atoms with van der Waals surface area (Å²) in [5, 5.41) is 3.29. The van der Waals surface area contributed by atoms with E-state index in [4.69, 9.17) is 25.5 Å². The molecule has 4 rings (SSSR count). The summed E-state index contributed by atoms with van der Waals surface area (Å²) < 4.78 is 16.5. The van der Waals surface area contributed by atoms with Gasteiger partial charge in [-0.25, -0.2) is 4.98 Å². The lowest BCUT2D eigenvalue weighted by molar-refractivity contribution is -0.118. The van der Waals surface area contributed by atoms with Crippen LogP contribution in [0.25, 0.3) is 22.6 Å². The van der Waals surface area contributed by atoms with E-state index in [0.717, 1.165) is 22.4 Å². The van der Waals surface area contributed by atoms with E-state index in [1.807, 2.05) is 26.0 Å². The van der Waals surface area contributed by atoms with Gasteiger partial charge in [-0.2, -0.15) is 0 Å². The molecule has 0 radical (unpaired) electrons. The molecule has 0 saturated heterocycles. The zero-order chi connectivity index (χ0) is 22.0. The van der Waals surface area contributed by atoms with Gasteiger partial charge in [0.25, 0.3) is 5.91 Å². The molecule has 0 unspecified atom stereocenters. The van der Waals surface area contributed by atoms with Crippen LogP contribution < -0.4 is 14.8 Å². The predicted molar refractivity (Wildman–Crippen MR) is 121 cm³/mol. The summed E-state index contributed by atoms with van der Waals surface area (Å²) in [5.41, 5.74) is 4.88. The summed E-state index contributed by atoms with van der Waals surface area (Å²) in [6.07, 6.45) is 0. The molecule has 0 atom stereocenters. The number of ether oxygens (including phenoxy) is 2. The van der Waals surface area contributed by atoms with Crippen LogP contribution >= 0.6 is 11.6 Å². The molecule has 1 aromatic heterocycles. The van der Waals surface area contributed by atoms with Crippen molar-refractivity contribution in [1.29, 1.82) is 0 Å². The second-order valence-corrected chi connectivity index (χ2v) is 7.54. The van der Waals surface area contributed by atoms with E-state index in [9.17, 15) is 4.79 Å². The molecular weight excluding hydrogens is 416 g/mol. The first-order valence-corrected chi connectivity index (χ1v) is 10.0. The van der Waals surface area contributed by atoms with Crippen LogP contribution in [0.5, 0.6) is 11.5 Å². The minimum Gasteiger partial charge on any atom is -0.497 e. The molecule has 0 aliphatic carbocycles. The molecule has 0 spiro atoms. The number of benzene rings is 3. The SMILES string of the molecule is COc1ccc(OCC(=O)Nc2ccc(Cl)c(-c3nc4cc(C)c(C)cc4o3)c2)cc1. The van der Waals surface area contributed by atoms with Crippen molar-refractivity contribution < 1.29 is 18.7 Å². The lowest BCUT2D eigenvalue weighted by atomic mass is 10.1. The molecule has 1 amide bonds. The zero-order valence-electron chi connectivity index (χ0n) is 17.4. The van der Waals surface area contributed by atoms with Crippen LogP contribution in [0.1, 0.15) is 11.1 Å². The summed E-state index contributed by atoms with van der Waals surface area (Å²) in [6.45, 7) is 3.92. The van der Waals surface area contributed by atoms with Gasteiger partial charge in [0.15, 0.2) is 12.2 Å². The Morgan fingerprint density at radius 1 is 1.03 bits per heavy atom. The molecule has 1 heterocycles. The quantitative estimate of drug-likeness (QED) is 0.414. The summed E-state index contributed by atoms with van der Waals surface area (Å²) in [5.74, 6) is 1.39. The molecule has 6 nitrogen and oxygen atoms in total. The molecular formula is C24H21ClN2O4. The van der Waals surface area contributed by atoms with E-state index < -0.39 is 0 Å². The van der Waals surface area contributed by atoms with Crippen LogP contribution in [0.3, 0.4) is 0 Å². The van der Waals surface area contributed by atoms with E-state index in [1.54, 1.807) is 49.6 Å². The number of rotatable bonds is 6. The number of carbonyl (C=O) groups excluding carboxylic acids is 1. The standard InChI is InChI=1S/C24H21ClN2O4/c1-14-10-21-22(11-15(14)2)31-24(27-21)19-12-16(4-9-20(19)25)26-23(28)13-30-18-7-5-17(29-3)6-8-18/h4-12H,13H2,1-3H3,(H,26,28). The molecule has 158 valence electrons. The van der Waals surface area contributed by atoms with E-state index in [1.165, 1.54) is 0 Å². The lowest BCUT2D eigenvalue weighted by Gasteiger charge is -2.09. The number of hydrogen-bond donors (Lipinski definition) is 1. The summed E-state index contributed by atoms with van der Waals surface area (Å²) >= 11 is 6.38. The van der Waals surface area contributed by atoms with Gasteiger partial charge in [0, 0.05) is 5.69 Å². The van der Waals surface area contributed by atoms with Crippen LogP contribution in [-0.2, 0) is 4.79 Å². The lowest BCUT2D eigenvalue weighted by Crippen LogP contribution is -2.20. The molecule has 7 heteroatoms. The van der Waals surface area contributed by atoms with Crippen molar-refractivity contribution in [2.75, 3.05) is 19.0 Å². The topological polar surface area (TPSA) is 73.6 Å². The number of fused-ring (bicyclic) bond motifs is 1. The summed E-state index contributed by atoms with van der Waals surface area (Å²) in [4.78, 5) is 16.9. The maximum absolute atomic E-state index is 12.3. The molecule has 0 saturated carbocycles. The normalized spacial score (nSPS) is 10.8. The largest absolute Gasteiger partial charge is 0.497 e. The van der Waals surface area contributed by atoms with Gasteiger partial charge in [-0.05, 0) is 79.6 Å². The minimum absolute atomic E-state index is 0.133. The number of nitrogens with one attached hydrogen (secondary N) is 1. The highest BCUT2D eigenvalue weighted by Gasteiger charge is 2.14. The monoisotopic (exact) mass is 436 g/mol. The van der Waals surface area contributed by atoms with Crippen molar-refractivity contribution in [1.82, 2.24) is 4.98 Å². The first-order chi connectivity index (χ1) is 14.9. The number of halogens is 1. The Morgan fingerprint density at radius 3 is 2.48 bits per heavy atom. The average molecular weight is 437 g/mol. The third-order valence-corrected chi connectivity index (χ3v) is 5.24. The Labute approximate surface area is 184 Å². The number of methoxy groups -OCH3 is 1. The highest BCUT2D eigenvalue weighted by molar-refractivity contribution is 6.33. The highest BCUT2D eigenvalue weighted by atomic mass is 35.5. The summed E-state index contributed by atoms with van der Waals surface area (Å²) in [7, 11) is 1.59. The molecule has 0 aliphatic heterocycles. The Hall–Kier alpha value is -3.51. The maximum atomic E-state index is 12.3. The Morgan fingerprint density at radius 2 is 1.74 bits per heavy atom. The molecule has 4 aromatic rings. The first kappa shape index (κ1) is 20.8. The van der Waals surface area contributed by atoms with E-state index in [-0.39, 0.29) is 12.5 Å². The van der Waals surface area contributed by atoms with Gasteiger partial charge < -0.3 is 19.2 Å². The van der Waals surface area contributed by atoms with Crippen molar-refractivity contribution in [2.24, 2.45) is 0 Å². The fourth-order valence-electron chi connectivity index (χ4n) is 3.08. The van der Waals surface area contributed by atoms with E-state index in [2.05, 4.69) is 10.3 Å². The third kappa shape index (κ3) is 4.64. The van der Waals surface area contributed by atoms with Gasteiger partial charge in [0.05, 0.1) is 17.7 Å². The number of nitrogens with zero attached hydrogens (tertiary/aromatic N) is 1. The van der Waals surface area contributed by atoms with Crippen LogP contribution in [0, 0.1) is 13.8 Å². The van der Waals surface area contributed by atoms with Gasteiger partial charge in [0.2, 0.25) is 5.89 Å². The number of aryl methyl sites for hydroxylation is 2. The number of amides is 1. The molecule has 31 heavy (non-hydrogen) atoms. The zero-order valence-corrected chi connectivity index (χ0v) is 18.1. The van der Waals surface area contributed by atoms with Gasteiger partial charge in [0.1, 0.15) is 17.0 Å². The maximum Gasteiger partial charge on any atom is 0.262 e. The fraction of sp³-hybridized carbons (Fsp3) is 0.167. The fourth-order valence-corrected chi connectivity index (χ4v) is 3.28. The number of oxazole rings is 1. The van der Waals surface area contributed by atoms with Gasteiger partial charge >= 0.3 is 0 Å². The number of hydrogen-bond acceptors (Lipinski definition) is 5. The predicted octanol–water partition coefficient (Wildman–Crippen LogP) is 5.79. The van der Waals surface area contributed by atoms with Crippen molar-refractivity contribution in [3.8, 4) is 23.0 Å². The second-order valence-electron chi connectivity index (χ2n) is 7.13. The van der Waals surface area contributed by atoms with E-state index in [0.29, 0.717) is 33.5 Å². The first-order valence-electron chi connectivity index (χ1n) is 9.67. The van der Waals surface area contributed by atoms with Crippen LogP contribution in [0.4, 0.5) is 5.69 Å². The van der Waals surface area contributed by atoms with Crippen molar-refractivity contribution in [2.45, 2.75) is 13.8 Å². The Balaban J connectivity index is 1.49. The van der Waals surface area contributed by atoms with Crippen molar-refractivity contribution in [3.05, 3.63) is 70.7 Å². The van der Waals surface area contributed by atoms with Crippen LogP contribution in [0.2, 0.25) is 5.02 Å².